The predicted octanol–water partition coefficient (Wildman–Crippen LogP) is 2.51. The highest BCUT2D eigenvalue weighted by Crippen LogP contribution is 2.32. The summed E-state index contributed by atoms with van der Waals surface area (Å²) in [5.74, 6) is 6.48. The average Bonchev–Trinajstić information content (AvgIpc) is 1.80. The lowest BCUT2D eigenvalue weighted by molar-refractivity contribution is 0.503. The summed E-state index contributed by atoms with van der Waals surface area (Å²) < 4.78 is 0. The lowest BCUT2D eigenvalue weighted by Gasteiger charge is -2.26. The molecule has 0 aliphatic carbocycles. The second-order valence-electron chi connectivity index (χ2n) is 3.18. The first-order valence-electron chi connectivity index (χ1n) is 3.69. The van der Waals surface area contributed by atoms with E-state index in [1.54, 1.807) is 0 Å². The van der Waals surface area contributed by atoms with E-state index in [0.29, 0.717) is 10.5 Å². The molecule has 1 heteroatoms. The summed E-state index contributed by atoms with van der Waals surface area (Å²) in [7, 11) is 0.494. The Morgan fingerprint density at radius 2 is 2.11 bits per heavy atom. The summed E-state index contributed by atoms with van der Waals surface area (Å²) in [6.07, 6.45) is 2.82. The largest absolute Gasteiger partial charge is 0.190 e. The number of hydrogen-bond acceptors (Lipinski definition) is 0. The van der Waals surface area contributed by atoms with Crippen LogP contribution in [0.3, 0.4) is 0 Å². The fourth-order valence-corrected chi connectivity index (χ4v) is 3.08. The highest BCUT2D eigenvalue weighted by Gasteiger charge is 2.16. The van der Waals surface area contributed by atoms with Crippen molar-refractivity contribution in [2.45, 2.75) is 31.9 Å². The summed E-state index contributed by atoms with van der Waals surface area (Å²) in [4.78, 5) is 0. The molecule has 0 aromatic heterocycles. The molecule has 3 unspecified atom stereocenters. The molecule has 9 heavy (non-hydrogen) atoms. The van der Waals surface area contributed by atoms with Crippen molar-refractivity contribution >= 4 is 16.4 Å². The van der Waals surface area contributed by atoms with Crippen LogP contribution in [0.15, 0.2) is 0 Å². The van der Waals surface area contributed by atoms with Crippen LogP contribution in [0.25, 0.3) is 0 Å². The first-order valence-corrected chi connectivity index (χ1v) is 5.32. The Kier molecular flexibility index (Phi) is 2.34. The Hall–Kier alpha value is 0.220. The van der Waals surface area contributed by atoms with Crippen molar-refractivity contribution in [2.24, 2.45) is 5.92 Å². The van der Waals surface area contributed by atoms with Crippen molar-refractivity contribution in [3.05, 3.63) is 0 Å². The van der Waals surface area contributed by atoms with E-state index >= 15 is 0 Å². The van der Waals surface area contributed by atoms with Crippen LogP contribution in [0.1, 0.15) is 26.7 Å². The van der Waals surface area contributed by atoms with Crippen molar-refractivity contribution in [3.8, 4) is 0 Å². The van der Waals surface area contributed by atoms with Gasteiger partial charge in [-0.1, -0.05) is 19.7 Å². The second kappa shape index (κ2) is 2.87. The molecular weight excluding hydrogens is 128 g/mol. The molecule has 0 amide bonds. The minimum Gasteiger partial charge on any atom is -0.190 e. The quantitative estimate of drug-likeness (QED) is 0.458. The Balaban J connectivity index is 2.44. The zero-order valence-electron chi connectivity index (χ0n) is 6.39. The molecular formula is C8H16S. The van der Waals surface area contributed by atoms with Gasteiger partial charge in [0.05, 0.1) is 0 Å². The van der Waals surface area contributed by atoms with E-state index < -0.39 is 0 Å². The maximum atomic E-state index is 4.14. The third kappa shape index (κ3) is 1.82. The van der Waals surface area contributed by atoms with Gasteiger partial charge in [0.15, 0.2) is 0 Å². The molecule has 0 aromatic carbocycles. The monoisotopic (exact) mass is 144 g/mol. The molecule has 1 rings (SSSR count). The zero-order chi connectivity index (χ0) is 6.85. The normalized spacial score (nSPS) is 44.9. The summed E-state index contributed by atoms with van der Waals surface area (Å²) in [6.45, 7) is 4.69. The van der Waals surface area contributed by atoms with Crippen LogP contribution < -0.4 is 0 Å². The molecule has 3 atom stereocenters. The first kappa shape index (κ1) is 7.33. The molecule has 1 aliphatic heterocycles. The van der Waals surface area contributed by atoms with Crippen molar-refractivity contribution in [1.82, 2.24) is 0 Å². The molecule has 0 spiro atoms. The minimum atomic E-state index is 0.494. The molecule has 0 saturated carbocycles. The van der Waals surface area contributed by atoms with Crippen molar-refractivity contribution in [2.75, 3.05) is 5.75 Å². The standard InChI is InChI=1S/C8H16S/c1-7-4-5-9(3)8(2)6-7/h7-8H,3-6H2,1-2H3. The Morgan fingerprint density at radius 1 is 1.44 bits per heavy atom. The molecule has 54 valence electrons. The molecule has 1 saturated heterocycles. The van der Waals surface area contributed by atoms with Crippen molar-refractivity contribution in [1.29, 1.82) is 0 Å². The Morgan fingerprint density at radius 3 is 2.56 bits per heavy atom. The van der Waals surface area contributed by atoms with E-state index in [2.05, 4.69) is 19.7 Å². The smallest absolute Gasteiger partial charge is 0.00338 e. The molecule has 0 nitrogen and oxygen atoms in total. The highest BCUT2D eigenvalue weighted by atomic mass is 32.2. The van der Waals surface area contributed by atoms with Gasteiger partial charge in [0.2, 0.25) is 0 Å². The van der Waals surface area contributed by atoms with Crippen LogP contribution in [0.4, 0.5) is 0 Å². The summed E-state index contributed by atoms with van der Waals surface area (Å²) in [6, 6.07) is 0. The summed E-state index contributed by atoms with van der Waals surface area (Å²) in [5, 5.41) is 0.897. The lowest BCUT2D eigenvalue weighted by atomic mass is 10.0. The van der Waals surface area contributed by atoms with E-state index in [9.17, 15) is 0 Å². The maximum absolute atomic E-state index is 4.14. The van der Waals surface area contributed by atoms with E-state index in [-0.39, 0.29) is 0 Å². The van der Waals surface area contributed by atoms with Crippen LogP contribution in [0.2, 0.25) is 0 Å². The predicted molar refractivity (Wildman–Crippen MR) is 47.4 cm³/mol. The maximum Gasteiger partial charge on any atom is -0.00338 e. The van der Waals surface area contributed by atoms with E-state index in [1.807, 2.05) is 0 Å². The van der Waals surface area contributed by atoms with Crippen LogP contribution in [-0.2, 0) is 0 Å². The molecule has 1 fully saturated rings. The average molecular weight is 144 g/mol. The van der Waals surface area contributed by atoms with Gasteiger partial charge in [-0.15, -0.1) is 0 Å². The van der Waals surface area contributed by atoms with Gasteiger partial charge in [-0.2, -0.15) is 10.5 Å². The van der Waals surface area contributed by atoms with Gasteiger partial charge in [0.25, 0.3) is 0 Å². The van der Waals surface area contributed by atoms with E-state index in [1.165, 1.54) is 18.6 Å². The second-order valence-corrected chi connectivity index (χ2v) is 5.47. The molecule has 0 bridgehead atoms. The SMILES string of the molecule is C=S1CCC(C)CC1C. The lowest BCUT2D eigenvalue weighted by Crippen LogP contribution is -2.14. The van der Waals surface area contributed by atoms with E-state index in [4.69, 9.17) is 0 Å². The van der Waals surface area contributed by atoms with E-state index in [0.717, 1.165) is 11.2 Å². The van der Waals surface area contributed by atoms with Gasteiger partial charge < -0.3 is 0 Å². The Bertz CT molecular complexity index is 118. The first-order chi connectivity index (χ1) is 4.20. The highest BCUT2D eigenvalue weighted by molar-refractivity contribution is 8.14. The van der Waals surface area contributed by atoms with Crippen molar-refractivity contribution < 1.29 is 0 Å². The fourth-order valence-electron chi connectivity index (χ4n) is 1.37. The van der Waals surface area contributed by atoms with Crippen molar-refractivity contribution in [3.63, 3.8) is 0 Å². The number of hydrogen-bond donors (Lipinski definition) is 0. The summed E-state index contributed by atoms with van der Waals surface area (Å²) in [5.41, 5.74) is 0. The van der Waals surface area contributed by atoms with Crippen LogP contribution >= 0.6 is 10.5 Å². The molecule has 0 radical (unpaired) electrons. The minimum absolute atomic E-state index is 0.494. The topological polar surface area (TPSA) is 0 Å². The molecule has 1 aliphatic rings. The molecule has 0 aromatic rings. The van der Waals surface area contributed by atoms with Crippen LogP contribution in [-0.4, -0.2) is 16.9 Å². The van der Waals surface area contributed by atoms with Crippen LogP contribution in [0, 0.1) is 5.92 Å². The number of rotatable bonds is 0. The van der Waals surface area contributed by atoms with Gasteiger partial charge >= 0.3 is 0 Å². The third-order valence-corrected chi connectivity index (χ3v) is 4.27. The van der Waals surface area contributed by atoms with Gasteiger partial charge in [-0.05, 0) is 29.8 Å². The van der Waals surface area contributed by atoms with Gasteiger partial charge in [-0.25, -0.2) is 0 Å². The van der Waals surface area contributed by atoms with Crippen LogP contribution in [0.5, 0.6) is 0 Å². The van der Waals surface area contributed by atoms with Gasteiger partial charge in [0, 0.05) is 0 Å². The fraction of sp³-hybridized carbons (Fsp3) is 0.875. The Labute approximate surface area is 60.6 Å². The zero-order valence-corrected chi connectivity index (χ0v) is 7.21. The summed E-state index contributed by atoms with van der Waals surface area (Å²) >= 11 is 0. The molecule has 0 N–H and O–H groups in total. The molecule has 1 heterocycles. The van der Waals surface area contributed by atoms with Gasteiger partial charge in [0.1, 0.15) is 0 Å². The van der Waals surface area contributed by atoms with Gasteiger partial charge in [-0.3, -0.25) is 0 Å². The third-order valence-electron chi connectivity index (χ3n) is 2.18.